The van der Waals surface area contributed by atoms with Gasteiger partial charge in [0.15, 0.2) is 5.69 Å². The fraction of sp³-hybridized carbons (Fsp3) is 0.250. The first-order valence-corrected chi connectivity index (χ1v) is 6.97. The zero-order chi connectivity index (χ0) is 15.9. The fourth-order valence-electron chi connectivity index (χ4n) is 1.72. The van der Waals surface area contributed by atoms with Crippen LogP contribution in [-0.4, -0.2) is 22.6 Å². The van der Waals surface area contributed by atoms with Crippen LogP contribution in [0.15, 0.2) is 36.4 Å². The molecule has 0 spiro atoms. The SMILES string of the molecule is CC(C)CNc1ccc(C(=O)Nc2cccc(C#N)c2)nn1. The number of hydrogen-bond acceptors (Lipinski definition) is 5. The molecule has 0 saturated carbocycles. The van der Waals surface area contributed by atoms with Gasteiger partial charge in [0.05, 0.1) is 11.6 Å². The average Bonchev–Trinajstić information content (AvgIpc) is 2.53. The summed E-state index contributed by atoms with van der Waals surface area (Å²) < 4.78 is 0. The lowest BCUT2D eigenvalue weighted by atomic mass is 10.2. The lowest BCUT2D eigenvalue weighted by Gasteiger charge is -2.08. The molecule has 2 aromatic rings. The Morgan fingerprint density at radius 1 is 1.27 bits per heavy atom. The van der Waals surface area contributed by atoms with Crippen LogP contribution in [0.2, 0.25) is 0 Å². The van der Waals surface area contributed by atoms with E-state index in [2.05, 4.69) is 34.7 Å². The van der Waals surface area contributed by atoms with E-state index in [0.29, 0.717) is 23.0 Å². The Bertz CT molecular complexity index is 688. The van der Waals surface area contributed by atoms with Crippen LogP contribution in [0.25, 0.3) is 0 Å². The van der Waals surface area contributed by atoms with Gasteiger partial charge in [-0.3, -0.25) is 4.79 Å². The second-order valence-corrected chi connectivity index (χ2v) is 5.23. The van der Waals surface area contributed by atoms with Crippen molar-refractivity contribution in [3.8, 4) is 6.07 Å². The molecule has 2 rings (SSSR count). The van der Waals surface area contributed by atoms with Gasteiger partial charge in [0, 0.05) is 12.2 Å². The predicted octanol–water partition coefficient (Wildman–Crippen LogP) is 2.67. The molecule has 1 heterocycles. The second kappa shape index (κ2) is 7.18. The summed E-state index contributed by atoms with van der Waals surface area (Å²) in [5.74, 6) is 0.770. The van der Waals surface area contributed by atoms with Gasteiger partial charge in [-0.25, -0.2) is 0 Å². The lowest BCUT2D eigenvalue weighted by Crippen LogP contribution is -2.15. The number of carbonyl (C=O) groups is 1. The van der Waals surface area contributed by atoms with Crippen LogP contribution < -0.4 is 10.6 Å². The summed E-state index contributed by atoms with van der Waals surface area (Å²) in [6, 6.07) is 12.0. The third-order valence-electron chi connectivity index (χ3n) is 2.84. The molecule has 6 heteroatoms. The highest BCUT2D eigenvalue weighted by molar-refractivity contribution is 6.02. The van der Waals surface area contributed by atoms with Crippen LogP contribution in [0.3, 0.4) is 0 Å². The van der Waals surface area contributed by atoms with Crippen molar-refractivity contribution < 1.29 is 4.79 Å². The van der Waals surface area contributed by atoms with Crippen molar-refractivity contribution in [2.75, 3.05) is 17.2 Å². The van der Waals surface area contributed by atoms with Gasteiger partial charge >= 0.3 is 0 Å². The maximum absolute atomic E-state index is 12.1. The van der Waals surface area contributed by atoms with Crippen molar-refractivity contribution in [1.29, 1.82) is 5.26 Å². The van der Waals surface area contributed by atoms with E-state index in [0.717, 1.165) is 6.54 Å². The lowest BCUT2D eigenvalue weighted by molar-refractivity contribution is 0.102. The van der Waals surface area contributed by atoms with Crippen molar-refractivity contribution >= 4 is 17.4 Å². The molecule has 0 saturated heterocycles. The summed E-state index contributed by atoms with van der Waals surface area (Å²) in [6.45, 7) is 4.98. The Morgan fingerprint density at radius 2 is 2.09 bits per heavy atom. The van der Waals surface area contributed by atoms with Crippen molar-refractivity contribution in [2.45, 2.75) is 13.8 Å². The van der Waals surface area contributed by atoms with E-state index in [1.807, 2.05) is 6.07 Å². The van der Waals surface area contributed by atoms with Crippen LogP contribution in [0.5, 0.6) is 0 Å². The standard InChI is InChI=1S/C16H17N5O/c1-11(2)10-18-15-7-6-14(20-21-15)16(22)19-13-5-3-4-12(8-13)9-17/h3-8,11H,10H2,1-2H3,(H,18,21)(H,19,22). The third kappa shape index (κ3) is 4.28. The van der Waals surface area contributed by atoms with Gasteiger partial charge in [0.2, 0.25) is 0 Å². The summed E-state index contributed by atoms with van der Waals surface area (Å²) in [6.07, 6.45) is 0. The van der Waals surface area contributed by atoms with Crippen molar-refractivity contribution in [3.63, 3.8) is 0 Å². The van der Waals surface area contributed by atoms with E-state index in [1.165, 1.54) is 0 Å². The molecule has 22 heavy (non-hydrogen) atoms. The Balaban J connectivity index is 2.02. The Kier molecular flexibility index (Phi) is 5.04. The first-order valence-electron chi connectivity index (χ1n) is 6.97. The highest BCUT2D eigenvalue weighted by atomic mass is 16.1. The van der Waals surface area contributed by atoms with Gasteiger partial charge < -0.3 is 10.6 Å². The summed E-state index contributed by atoms with van der Waals surface area (Å²) in [5.41, 5.74) is 1.25. The number of rotatable bonds is 5. The maximum Gasteiger partial charge on any atom is 0.276 e. The van der Waals surface area contributed by atoms with Gasteiger partial charge in [-0.1, -0.05) is 19.9 Å². The van der Waals surface area contributed by atoms with Gasteiger partial charge in [-0.05, 0) is 36.2 Å². The molecule has 0 fully saturated rings. The number of aromatic nitrogens is 2. The zero-order valence-electron chi connectivity index (χ0n) is 12.5. The first-order chi connectivity index (χ1) is 10.6. The highest BCUT2D eigenvalue weighted by Gasteiger charge is 2.09. The Morgan fingerprint density at radius 3 is 2.73 bits per heavy atom. The largest absolute Gasteiger partial charge is 0.368 e. The molecular formula is C16H17N5O. The molecular weight excluding hydrogens is 278 g/mol. The van der Waals surface area contributed by atoms with E-state index < -0.39 is 0 Å². The molecule has 1 aromatic carbocycles. The van der Waals surface area contributed by atoms with E-state index >= 15 is 0 Å². The summed E-state index contributed by atoms with van der Waals surface area (Å²) in [4.78, 5) is 12.1. The van der Waals surface area contributed by atoms with Gasteiger partial charge in [0.1, 0.15) is 5.82 Å². The van der Waals surface area contributed by atoms with Crippen molar-refractivity contribution in [3.05, 3.63) is 47.7 Å². The number of nitriles is 1. The molecule has 0 aliphatic rings. The number of nitrogens with one attached hydrogen (secondary N) is 2. The highest BCUT2D eigenvalue weighted by Crippen LogP contribution is 2.11. The Hall–Kier alpha value is -2.94. The minimum absolute atomic E-state index is 0.220. The first kappa shape index (κ1) is 15.4. The average molecular weight is 295 g/mol. The number of nitrogens with zero attached hydrogens (tertiary/aromatic N) is 3. The van der Waals surface area contributed by atoms with Gasteiger partial charge in [-0.15, -0.1) is 10.2 Å². The van der Waals surface area contributed by atoms with Gasteiger partial charge in [-0.2, -0.15) is 5.26 Å². The molecule has 0 atom stereocenters. The molecule has 1 aromatic heterocycles. The molecule has 0 aliphatic heterocycles. The number of carbonyl (C=O) groups excluding carboxylic acids is 1. The smallest absolute Gasteiger partial charge is 0.276 e. The molecule has 0 bridgehead atoms. The predicted molar refractivity (Wildman–Crippen MR) is 84.5 cm³/mol. The molecule has 0 radical (unpaired) electrons. The quantitative estimate of drug-likeness (QED) is 0.885. The van der Waals surface area contributed by atoms with E-state index in [9.17, 15) is 4.79 Å². The third-order valence-corrected chi connectivity index (χ3v) is 2.84. The molecule has 6 nitrogen and oxygen atoms in total. The monoisotopic (exact) mass is 295 g/mol. The van der Waals surface area contributed by atoms with Crippen molar-refractivity contribution in [1.82, 2.24) is 10.2 Å². The number of hydrogen-bond donors (Lipinski definition) is 2. The number of benzene rings is 1. The summed E-state index contributed by atoms with van der Waals surface area (Å²) in [7, 11) is 0. The van der Waals surface area contributed by atoms with Crippen LogP contribution >= 0.6 is 0 Å². The zero-order valence-corrected chi connectivity index (χ0v) is 12.5. The number of amides is 1. The van der Waals surface area contributed by atoms with Crippen LogP contribution in [0, 0.1) is 17.2 Å². The Labute approximate surface area is 129 Å². The molecule has 0 aliphatic carbocycles. The summed E-state index contributed by atoms with van der Waals surface area (Å²) in [5, 5.41) is 22.5. The molecule has 0 unspecified atom stereocenters. The van der Waals surface area contributed by atoms with Gasteiger partial charge in [0.25, 0.3) is 5.91 Å². The topological polar surface area (TPSA) is 90.7 Å². The molecule has 1 amide bonds. The van der Waals surface area contributed by atoms with E-state index in [4.69, 9.17) is 5.26 Å². The molecule has 112 valence electrons. The van der Waals surface area contributed by atoms with Crippen LogP contribution in [0.4, 0.5) is 11.5 Å². The van der Waals surface area contributed by atoms with Crippen LogP contribution in [0.1, 0.15) is 29.9 Å². The van der Waals surface area contributed by atoms with Crippen LogP contribution in [-0.2, 0) is 0 Å². The fourth-order valence-corrected chi connectivity index (χ4v) is 1.72. The normalized spacial score (nSPS) is 10.1. The van der Waals surface area contributed by atoms with E-state index in [1.54, 1.807) is 36.4 Å². The summed E-state index contributed by atoms with van der Waals surface area (Å²) >= 11 is 0. The maximum atomic E-state index is 12.1. The number of anilines is 2. The van der Waals surface area contributed by atoms with Crippen molar-refractivity contribution in [2.24, 2.45) is 5.92 Å². The minimum Gasteiger partial charge on any atom is -0.368 e. The minimum atomic E-state index is -0.363. The van der Waals surface area contributed by atoms with E-state index in [-0.39, 0.29) is 11.6 Å². The second-order valence-electron chi connectivity index (χ2n) is 5.23. The molecule has 2 N–H and O–H groups in total.